The third-order valence-corrected chi connectivity index (χ3v) is 3.86. The van der Waals surface area contributed by atoms with Crippen LogP contribution in [0.1, 0.15) is 11.1 Å². The Bertz CT molecular complexity index is 757. The molecule has 0 heterocycles. The molecule has 26 heavy (non-hydrogen) atoms. The summed E-state index contributed by atoms with van der Waals surface area (Å²) in [6.07, 6.45) is -0.460. The number of hydrazine groups is 1. The van der Waals surface area contributed by atoms with Gasteiger partial charge in [0, 0.05) is 26.3 Å². The van der Waals surface area contributed by atoms with E-state index in [2.05, 4.69) is 0 Å². The van der Waals surface area contributed by atoms with Gasteiger partial charge in [0.15, 0.2) is 0 Å². The zero-order valence-electron chi connectivity index (χ0n) is 15.1. The monoisotopic (exact) mass is 355 g/mol. The summed E-state index contributed by atoms with van der Waals surface area (Å²) in [5.41, 5.74) is 15.2. The molecule has 2 rings (SSSR count). The molecule has 0 spiro atoms. The molecule has 7 nitrogen and oxygen atoms in total. The summed E-state index contributed by atoms with van der Waals surface area (Å²) in [4.78, 5) is 13.7. The second kappa shape index (κ2) is 8.77. The van der Waals surface area contributed by atoms with Crippen LogP contribution >= 0.6 is 0 Å². The van der Waals surface area contributed by atoms with Gasteiger partial charge in [-0.15, -0.1) is 0 Å². The average molecular weight is 355 g/mol. The Morgan fingerprint density at radius 3 is 2.23 bits per heavy atom. The average Bonchev–Trinajstić information content (AvgIpc) is 2.62. The molecule has 0 unspecified atom stereocenters. The first-order valence-corrected chi connectivity index (χ1v) is 8.13. The van der Waals surface area contributed by atoms with Gasteiger partial charge in [-0.25, -0.2) is 10.6 Å². The fraction of sp³-hybridized carbons (Fsp3) is 0.211. The molecule has 0 aliphatic rings. The Morgan fingerprint density at radius 1 is 1.04 bits per heavy atom. The zero-order valence-corrected chi connectivity index (χ0v) is 15.1. The van der Waals surface area contributed by atoms with Crippen LogP contribution in [0.4, 0.5) is 10.5 Å². The summed E-state index contributed by atoms with van der Waals surface area (Å²) in [7, 11) is 3.31. The van der Waals surface area contributed by atoms with Gasteiger partial charge in [-0.2, -0.15) is 0 Å². The van der Waals surface area contributed by atoms with Crippen molar-refractivity contribution >= 4 is 17.5 Å². The summed E-state index contributed by atoms with van der Waals surface area (Å²) in [5.74, 6) is 5.86. The molecular formula is C19H25N5O2. The molecule has 0 radical (unpaired) electrons. The fourth-order valence-electron chi connectivity index (χ4n) is 2.36. The Balaban J connectivity index is 2.04. The smallest absolute Gasteiger partial charge is 0.410 e. The van der Waals surface area contributed by atoms with Crippen molar-refractivity contribution < 1.29 is 9.53 Å². The molecule has 6 N–H and O–H groups in total. The lowest BCUT2D eigenvalue weighted by Gasteiger charge is -2.22. The molecule has 7 heteroatoms. The lowest BCUT2D eigenvalue weighted by molar-refractivity contribution is 0.111. The number of nitrogens with two attached hydrogens (primary N) is 3. The van der Waals surface area contributed by atoms with Crippen LogP contribution in [0.5, 0.6) is 0 Å². The predicted molar refractivity (Wildman–Crippen MR) is 103 cm³/mol. The number of carbonyl (C=O) groups is 1. The second-order valence-electron chi connectivity index (χ2n) is 5.99. The minimum atomic E-state index is -0.460. The van der Waals surface area contributed by atoms with Crippen molar-refractivity contribution in [1.82, 2.24) is 9.91 Å². The molecule has 0 saturated heterocycles. The number of anilines is 1. The van der Waals surface area contributed by atoms with Gasteiger partial charge in [-0.1, -0.05) is 42.5 Å². The van der Waals surface area contributed by atoms with Crippen molar-refractivity contribution in [3.8, 4) is 0 Å². The van der Waals surface area contributed by atoms with Crippen molar-refractivity contribution in [2.45, 2.75) is 6.54 Å². The van der Waals surface area contributed by atoms with Crippen molar-refractivity contribution in [3.05, 3.63) is 71.4 Å². The Hall–Kier alpha value is -3.19. The molecule has 0 saturated carbocycles. The van der Waals surface area contributed by atoms with E-state index in [1.807, 2.05) is 30.3 Å². The minimum Gasteiger partial charge on any atom is -0.443 e. The lowest BCUT2D eigenvalue weighted by atomic mass is 10.1. The molecule has 138 valence electrons. The van der Waals surface area contributed by atoms with Gasteiger partial charge in [0.1, 0.15) is 6.61 Å². The maximum atomic E-state index is 12.2. The van der Waals surface area contributed by atoms with Crippen LogP contribution in [0.15, 0.2) is 60.3 Å². The number of carbonyl (C=O) groups excluding carboxylic acids is 1. The highest BCUT2D eigenvalue weighted by Gasteiger charge is 2.15. The van der Waals surface area contributed by atoms with Gasteiger partial charge in [0.2, 0.25) is 0 Å². The Kier molecular flexibility index (Phi) is 6.46. The fourth-order valence-corrected chi connectivity index (χ4v) is 2.36. The van der Waals surface area contributed by atoms with Gasteiger partial charge < -0.3 is 26.1 Å². The van der Waals surface area contributed by atoms with Crippen LogP contribution in [-0.2, 0) is 11.3 Å². The van der Waals surface area contributed by atoms with Gasteiger partial charge in [-0.05, 0) is 23.3 Å². The van der Waals surface area contributed by atoms with E-state index >= 15 is 0 Å². The quantitative estimate of drug-likeness (QED) is 0.415. The molecule has 2 aromatic rings. The molecule has 0 aromatic heterocycles. The van der Waals surface area contributed by atoms with E-state index in [0.29, 0.717) is 23.6 Å². The van der Waals surface area contributed by atoms with Gasteiger partial charge >= 0.3 is 6.09 Å². The van der Waals surface area contributed by atoms with E-state index in [1.54, 1.807) is 38.4 Å². The van der Waals surface area contributed by atoms with Crippen LogP contribution in [0.3, 0.4) is 0 Å². The zero-order chi connectivity index (χ0) is 19.1. The molecule has 1 amide bonds. The van der Waals surface area contributed by atoms with Crippen molar-refractivity contribution in [1.29, 1.82) is 0 Å². The molecule has 0 aliphatic heterocycles. The number of amides is 1. The van der Waals surface area contributed by atoms with Crippen molar-refractivity contribution in [2.24, 2.45) is 11.6 Å². The van der Waals surface area contributed by atoms with Crippen LogP contribution in [0, 0.1) is 0 Å². The summed E-state index contributed by atoms with van der Waals surface area (Å²) >= 11 is 0. The van der Waals surface area contributed by atoms with Crippen LogP contribution in [0.25, 0.3) is 5.70 Å². The molecule has 0 atom stereocenters. The number of hydrogen-bond donors (Lipinski definition) is 3. The third-order valence-electron chi connectivity index (χ3n) is 3.86. The number of likely N-dealkylation sites (N-methyl/N-ethyl adjacent to an activating group) is 1. The minimum absolute atomic E-state index is 0.0405. The van der Waals surface area contributed by atoms with Crippen molar-refractivity contribution in [3.63, 3.8) is 0 Å². The summed E-state index contributed by atoms with van der Waals surface area (Å²) in [5, 5.41) is 1.34. The lowest BCUT2D eigenvalue weighted by Crippen LogP contribution is -2.33. The van der Waals surface area contributed by atoms with Gasteiger partial charge in [0.25, 0.3) is 0 Å². The number of nitrogen functional groups attached to an aromatic ring is 1. The highest BCUT2D eigenvalue weighted by molar-refractivity contribution is 5.69. The first kappa shape index (κ1) is 19.1. The van der Waals surface area contributed by atoms with Crippen molar-refractivity contribution in [2.75, 3.05) is 26.4 Å². The number of benzene rings is 2. The summed E-state index contributed by atoms with van der Waals surface area (Å²) in [6, 6.07) is 16.7. The summed E-state index contributed by atoms with van der Waals surface area (Å²) in [6.45, 7) is 0.409. The van der Waals surface area contributed by atoms with Crippen LogP contribution in [-0.4, -0.2) is 36.7 Å². The maximum Gasteiger partial charge on any atom is 0.410 e. The number of rotatable bonds is 6. The number of nitrogens with zero attached hydrogens (tertiary/aromatic N) is 2. The number of hydrogen-bond acceptors (Lipinski definition) is 6. The third kappa shape index (κ3) is 5.15. The molecule has 2 aromatic carbocycles. The Labute approximate surface area is 153 Å². The first-order chi connectivity index (χ1) is 12.4. The highest BCUT2D eigenvalue weighted by atomic mass is 16.6. The normalized spacial score (nSPS) is 11.5. The Morgan fingerprint density at radius 2 is 1.65 bits per heavy atom. The number of ether oxygens (including phenoxy) is 1. The van der Waals surface area contributed by atoms with E-state index < -0.39 is 6.09 Å². The van der Waals surface area contributed by atoms with Gasteiger partial charge in [-0.3, -0.25) is 0 Å². The SMILES string of the molecule is CN(Cc1ccccc1)C(=O)OC/C(=C(/N)c1ccc(N)cc1)N(C)N. The second-order valence-corrected chi connectivity index (χ2v) is 5.99. The molecule has 0 bridgehead atoms. The topological polar surface area (TPSA) is 111 Å². The van der Waals surface area contributed by atoms with Crippen LogP contribution < -0.4 is 17.3 Å². The molecule has 0 aliphatic carbocycles. The predicted octanol–water partition coefficient (Wildman–Crippen LogP) is 1.97. The van der Waals surface area contributed by atoms with Crippen LogP contribution in [0.2, 0.25) is 0 Å². The largest absolute Gasteiger partial charge is 0.443 e. The molecule has 0 fully saturated rings. The highest BCUT2D eigenvalue weighted by Crippen LogP contribution is 2.17. The standard InChI is InChI=1S/C19H25N5O2/c1-23(12-14-6-4-3-5-7-14)19(25)26-13-17(24(2)22)18(21)15-8-10-16(20)11-9-15/h3-11H,12-13,20-22H2,1-2H3/b18-17-. The van der Waals surface area contributed by atoms with E-state index in [0.717, 1.165) is 11.1 Å². The van der Waals surface area contributed by atoms with E-state index in [4.69, 9.17) is 22.0 Å². The van der Waals surface area contributed by atoms with E-state index in [-0.39, 0.29) is 6.61 Å². The van der Waals surface area contributed by atoms with E-state index in [1.165, 1.54) is 9.91 Å². The van der Waals surface area contributed by atoms with E-state index in [9.17, 15) is 4.79 Å². The van der Waals surface area contributed by atoms with Gasteiger partial charge in [0.05, 0.1) is 11.4 Å². The summed E-state index contributed by atoms with van der Waals surface area (Å²) < 4.78 is 5.37. The molecular weight excluding hydrogens is 330 g/mol. The first-order valence-electron chi connectivity index (χ1n) is 8.13. The maximum absolute atomic E-state index is 12.2.